The maximum atomic E-state index is 13.9. The summed E-state index contributed by atoms with van der Waals surface area (Å²) in [5.41, 5.74) is 0.179. The fourth-order valence-corrected chi connectivity index (χ4v) is 2.18. The molecule has 0 aliphatic carbocycles. The highest BCUT2D eigenvalue weighted by Gasteiger charge is 2.25. The first-order chi connectivity index (χ1) is 8.63. The fraction of sp³-hybridized carbons (Fsp3) is 0.462. The zero-order valence-corrected chi connectivity index (χ0v) is 10.2. The fourth-order valence-electron chi connectivity index (χ4n) is 2.18. The summed E-state index contributed by atoms with van der Waals surface area (Å²) in [7, 11) is 0. The SMILES string of the molecule is CCC1CN(c2c(F)cccc2C(=O)O)CCO1. The number of hydrogen-bond acceptors (Lipinski definition) is 3. The molecule has 4 nitrogen and oxygen atoms in total. The predicted octanol–water partition coefficient (Wildman–Crippen LogP) is 2.14. The van der Waals surface area contributed by atoms with Crippen LogP contribution in [0, 0.1) is 5.82 Å². The number of anilines is 1. The second kappa shape index (κ2) is 5.35. The van der Waals surface area contributed by atoms with Crippen molar-refractivity contribution in [1.29, 1.82) is 0 Å². The number of nitrogens with zero attached hydrogens (tertiary/aromatic N) is 1. The zero-order valence-electron chi connectivity index (χ0n) is 10.2. The molecule has 0 aromatic heterocycles. The number of carboxylic acid groups (broad SMARTS) is 1. The third-order valence-electron chi connectivity index (χ3n) is 3.13. The van der Waals surface area contributed by atoms with Gasteiger partial charge in [0.05, 0.1) is 24.0 Å². The molecule has 2 rings (SSSR count). The monoisotopic (exact) mass is 253 g/mol. The Labute approximate surface area is 105 Å². The molecule has 0 bridgehead atoms. The standard InChI is InChI=1S/C13H16FNO3/c1-2-9-8-15(6-7-18-9)12-10(13(16)17)4-3-5-11(12)14/h3-5,9H,2,6-8H2,1H3,(H,16,17). The zero-order chi connectivity index (χ0) is 13.1. The van der Waals surface area contributed by atoms with Gasteiger partial charge in [-0.1, -0.05) is 13.0 Å². The molecule has 1 aliphatic heterocycles. The molecule has 1 saturated heterocycles. The first-order valence-corrected chi connectivity index (χ1v) is 6.01. The molecular weight excluding hydrogens is 237 g/mol. The Morgan fingerprint density at radius 3 is 3.06 bits per heavy atom. The smallest absolute Gasteiger partial charge is 0.337 e. The third kappa shape index (κ3) is 2.46. The van der Waals surface area contributed by atoms with Gasteiger partial charge in [-0.25, -0.2) is 9.18 Å². The molecule has 1 atom stereocenters. The predicted molar refractivity (Wildman–Crippen MR) is 65.6 cm³/mol. The van der Waals surface area contributed by atoms with E-state index < -0.39 is 11.8 Å². The molecule has 98 valence electrons. The molecule has 0 saturated carbocycles. The summed E-state index contributed by atoms with van der Waals surface area (Å²) in [6.07, 6.45) is 0.855. The van der Waals surface area contributed by atoms with Gasteiger partial charge in [0.1, 0.15) is 5.82 Å². The Hall–Kier alpha value is -1.62. The first-order valence-electron chi connectivity index (χ1n) is 6.01. The number of hydrogen-bond donors (Lipinski definition) is 1. The van der Waals surface area contributed by atoms with E-state index in [2.05, 4.69) is 0 Å². The Kier molecular flexibility index (Phi) is 3.81. The second-order valence-electron chi connectivity index (χ2n) is 4.29. The van der Waals surface area contributed by atoms with Gasteiger partial charge in [0.25, 0.3) is 0 Å². The molecule has 1 aliphatic rings. The molecular formula is C13H16FNO3. The van der Waals surface area contributed by atoms with Gasteiger partial charge in [0.15, 0.2) is 0 Å². The van der Waals surface area contributed by atoms with Crippen LogP contribution in [0.2, 0.25) is 0 Å². The molecule has 0 radical (unpaired) electrons. The highest BCUT2D eigenvalue weighted by molar-refractivity contribution is 5.94. The number of ether oxygens (including phenoxy) is 1. The number of carboxylic acids is 1. The van der Waals surface area contributed by atoms with E-state index >= 15 is 0 Å². The van der Waals surface area contributed by atoms with Crippen molar-refractivity contribution in [2.45, 2.75) is 19.4 Å². The topological polar surface area (TPSA) is 49.8 Å². The Bertz CT molecular complexity index is 450. The van der Waals surface area contributed by atoms with Gasteiger partial charge in [-0.2, -0.15) is 0 Å². The Morgan fingerprint density at radius 1 is 1.61 bits per heavy atom. The average Bonchev–Trinajstić information content (AvgIpc) is 2.38. The van der Waals surface area contributed by atoms with E-state index in [4.69, 9.17) is 9.84 Å². The Balaban J connectivity index is 2.34. The molecule has 1 aromatic rings. The van der Waals surface area contributed by atoms with Gasteiger partial charge in [-0.3, -0.25) is 0 Å². The normalized spacial score (nSPS) is 19.9. The Morgan fingerprint density at radius 2 is 2.39 bits per heavy atom. The molecule has 1 heterocycles. The number of carbonyl (C=O) groups is 1. The molecule has 0 spiro atoms. The summed E-state index contributed by atoms with van der Waals surface area (Å²) in [6, 6.07) is 4.13. The maximum Gasteiger partial charge on any atom is 0.337 e. The van der Waals surface area contributed by atoms with E-state index in [1.165, 1.54) is 18.2 Å². The van der Waals surface area contributed by atoms with E-state index in [-0.39, 0.29) is 17.4 Å². The van der Waals surface area contributed by atoms with E-state index in [0.717, 1.165) is 6.42 Å². The molecule has 0 amide bonds. The molecule has 1 unspecified atom stereocenters. The number of para-hydroxylation sites is 1. The van der Waals surface area contributed by atoms with Crippen LogP contribution in [0.5, 0.6) is 0 Å². The molecule has 1 aromatic carbocycles. The van der Waals surface area contributed by atoms with Gasteiger partial charge in [-0.15, -0.1) is 0 Å². The van der Waals surface area contributed by atoms with E-state index in [0.29, 0.717) is 19.7 Å². The van der Waals surface area contributed by atoms with E-state index in [1.54, 1.807) is 4.90 Å². The van der Waals surface area contributed by atoms with Gasteiger partial charge in [-0.05, 0) is 18.6 Å². The summed E-state index contributed by atoms with van der Waals surface area (Å²) >= 11 is 0. The lowest BCUT2D eigenvalue weighted by Crippen LogP contribution is -2.43. The summed E-state index contributed by atoms with van der Waals surface area (Å²) in [4.78, 5) is 12.9. The minimum absolute atomic E-state index is 0.00625. The summed E-state index contributed by atoms with van der Waals surface area (Å²) < 4.78 is 19.4. The van der Waals surface area contributed by atoms with Crippen LogP contribution in [-0.2, 0) is 4.74 Å². The minimum Gasteiger partial charge on any atom is -0.478 e. The van der Waals surface area contributed by atoms with Crippen molar-refractivity contribution in [2.75, 3.05) is 24.6 Å². The highest BCUT2D eigenvalue weighted by atomic mass is 19.1. The van der Waals surface area contributed by atoms with Crippen LogP contribution in [0.25, 0.3) is 0 Å². The van der Waals surface area contributed by atoms with Crippen molar-refractivity contribution in [1.82, 2.24) is 0 Å². The number of benzene rings is 1. The minimum atomic E-state index is -1.11. The average molecular weight is 253 g/mol. The number of rotatable bonds is 3. The van der Waals surface area contributed by atoms with Crippen molar-refractivity contribution in [2.24, 2.45) is 0 Å². The largest absolute Gasteiger partial charge is 0.478 e. The van der Waals surface area contributed by atoms with Crippen LogP contribution in [0.3, 0.4) is 0 Å². The molecule has 1 fully saturated rings. The van der Waals surface area contributed by atoms with Crippen LogP contribution >= 0.6 is 0 Å². The van der Waals surface area contributed by atoms with Crippen molar-refractivity contribution in [3.8, 4) is 0 Å². The molecule has 1 N–H and O–H groups in total. The first kappa shape index (κ1) is 12.8. The lowest BCUT2D eigenvalue weighted by Gasteiger charge is -2.34. The van der Waals surface area contributed by atoms with Crippen molar-refractivity contribution in [3.05, 3.63) is 29.6 Å². The summed E-state index contributed by atoms with van der Waals surface area (Å²) in [5, 5.41) is 9.12. The van der Waals surface area contributed by atoms with Crippen LogP contribution in [-0.4, -0.2) is 36.9 Å². The van der Waals surface area contributed by atoms with Gasteiger partial charge < -0.3 is 14.7 Å². The second-order valence-corrected chi connectivity index (χ2v) is 4.29. The van der Waals surface area contributed by atoms with Crippen molar-refractivity contribution in [3.63, 3.8) is 0 Å². The molecule has 5 heteroatoms. The highest BCUT2D eigenvalue weighted by Crippen LogP contribution is 2.26. The maximum absolute atomic E-state index is 13.9. The van der Waals surface area contributed by atoms with Gasteiger partial charge >= 0.3 is 5.97 Å². The van der Waals surface area contributed by atoms with Crippen LogP contribution < -0.4 is 4.90 Å². The number of aromatic carboxylic acids is 1. The van der Waals surface area contributed by atoms with Crippen LogP contribution in [0.4, 0.5) is 10.1 Å². The van der Waals surface area contributed by atoms with Crippen molar-refractivity contribution < 1.29 is 19.0 Å². The van der Waals surface area contributed by atoms with E-state index in [9.17, 15) is 9.18 Å². The van der Waals surface area contributed by atoms with E-state index in [1.807, 2.05) is 6.92 Å². The quantitative estimate of drug-likeness (QED) is 0.896. The lowest BCUT2D eigenvalue weighted by atomic mass is 10.1. The summed E-state index contributed by atoms with van der Waals surface area (Å²) in [5.74, 6) is -1.60. The van der Waals surface area contributed by atoms with Crippen LogP contribution in [0.15, 0.2) is 18.2 Å². The van der Waals surface area contributed by atoms with Gasteiger partial charge in [0, 0.05) is 13.1 Å². The molecule has 18 heavy (non-hydrogen) atoms. The number of morpholine rings is 1. The van der Waals surface area contributed by atoms with Crippen LogP contribution in [0.1, 0.15) is 23.7 Å². The number of halogens is 1. The third-order valence-corrected chi connectivity index (χ3v) is 3.13. The van der Waals surface area contributed by atoms with Crippen molar-refractivity contribution >= 4 is 11.7 Å². The lowest BCUT2D eigenvalue weighted by molar-refractivity contribution is 0.0380. The summed E-state index contributed by atoms with van der Waals surface area (Å²) in [6.45, 7) is 3.52. The van der Waals surface area contributed by atoms with Gasteiger partial charge in [0.2, 0.25) is 0 Å².